The summed E-state index contributed by atoms with van der Waals surface area (Å²) in [5, 5.41) is 13.6. The van der Waals surface area contributed by atoms with Crippen LogP contribution in [-0.2, 0) is 14.3 Å². The molecule has 0 spiro atoms. The van der Waals surface area contributed by atoms with Crippen LogP contribution in [-0.4, -0.2) is 23.4 Å². The fourth-order valence-electron chi connectivity index (χ4n) is 3.99. The second-order valence-electron chi connectivity index (χ2n) is 6.77. The molecule has 0 aromatic heterocycles. The number of esters is 1. The van der Waals surface area contributed by atoms with Gasteiger partial charge in [0, 0.05) is 17.5 Å². The summed E-state index contributed by atoms with van der Waals surface area (Å²) < 4.78 is 5.02. The molecule has 0 radical (unpaired) electrons. The number of amides is 1. The minimum atomic E-state index is -0.636. The number of halogens is 1. The van der Waals surface area contributed by atoms with Crippen LogP contribution in [0.15, 0.2) is 18.2 Å². The number of hydrogen-bond acceptors (Lipinski definition) is 5. The third-order valence-corrected chi connectivity index (χ3v) is 5.34. The Bertz CT molecular complexity index is 708. The third-order valence-electron chi connectivity index (χ3n) is 5.11. The van der Waals surface area contributed by atoms with E-state index in [9.17, 15) is 19.7 Å². The first-order chi connectivity index (χ1) is 11.9. The predicted molar refractivity (Wildman–Crippen MR) is 91.3 cm³/mol. The van der Waals surface area contributed by atoms with E-state index in [0.717, 1.165) is 18.4 Å². The quantitative estimate of drug-likeness (QED) is 0.471. The smallest absolute Gasteiger partial charge is 0.306 e. The van der Waals surface area contributed by atoms with Gasteiger partial charge in [0.25, 0.3) is 11.6 Å². The highest BCUT2D eigenvalue weighted by molar-refractivity contribution is 6.31. The van der Waals surface area contributed by atoms with Crippen molar-refractivity contribution < 1.29 is 19.2 Å². The molecule has 2 aliphatic carbocycles. The van der Waals surface area contributed by atoms with Crippen LogP contribution in [0.5, 0.6) is 0 Å². The Morgan fingerprint density at radius 3 is 2.76 bits per heavy atom. The summed E-state index contributed by atoms with van der Waals surface area (Å²) in [5.74, 6) is 0.719. The number of ether oxygens (including phenoxy) is 1. The summed E-state index contributed by atoms with van der Waals surface area (Å²) in [4.78, 5) is 34.2. The number of fused-ring (bicyclic) bond motifs is 2. The highest BCUT2D eigenvalue weighted by atomic mass is 35.5. The van der Waals surface area contributed by atoms with Crippen LogP contribution in [0.1, 0.15) is 32.1 Å². The Kier molecular flexibility index (Phi) is 5.22. The largest absolute Gasteiger partial charge is 0.456 e. The van der Waals surface area contributed by atoms with Crippen LogP contribution < -0.4 is 5.32 Å². The summed E-state index contributed by atoms with van der Waals surface area (Å²) >= 11 is 5.72. The number of nitrogens with zero attached hydrogens (tertiary/aromatic N) is 1. The number of hydrogen-bond donors (Lipinski definition) is 1. The molecule has 2 saturated carbocycles. The molecule has 1 N–H and O–H groups in total. The topological polar surface area (TPSA) is 98.5 Å². The van der Waals surface area contributed by atoms with Gasteiger partial charge in [-0.05, 0) is 49.1 Å². The zero-order chi connectivity index (χ0) is 18.0. The van der Waals surface area contributed by atoms with Crippen molar-refractivity contribution in [3.05, 3.63) is 33.3 Å². The van der Waals surface area contributed by atoms with Gasteiger partial charge in [-0.3, -0.25) is 19.7 Å². The van der Waals surface area contributed by atoms with E-state index in [1.807, 2.05) is 0 Å². The number of nitro groups is 1. The monoisotopic (exact) mass is 366 g/mol. The number of anilines is 1. The van der Waals surface area contributed by atoms with Crippen molar-refractivity contribution in [2.24, 2.45) is 17.8 Å². The van der Waals surface area contributed by atoms with Crippen molar-refractivity contribution in [3.8, 4) is 0 Å². The minimum Gasteiger partial charge on any atom is -0.456 e. The predicted octanol–water partition coefficient (Wildman–Crippen LogP) is 3.56. The molecule has 7 nitrogen and oxygen atoms in total. The molecule has 1 aromatic rings. The maximum absolute atomic E-state index is 11.9. The molecule has 0 heterocycles. The molecule has 0 unspecified atom stereocenters. The summed E-state index contributed by atoms with van der Waals surface area (Å²) in [5.41, 5.74) is -0.294. The van der Waals surface area contributed by atoms with Crippen LogP contribution in [0.2, 0.25) is 5.02 Å². The molecule has 3 rings (SSSR count). The zero-order valence-corrected chi connectivity index (χ0v) is 14.3. The molecule has 2 aliphatic rings. The standard InChI is InChI=1S/C17H19ClN2O5/c18-13-3-4-14(15(8-13)20(23)24)19-16(21)9-25-17(22)7-12-6-10-1-2-11(12)5-10/h3-4,8,10-12H,1-2,5-7,9H2,(H,19,21)/t10-,11-,12+/m1/s1. The summed E-state index contributed by atoms with van der Waals surface area (Å²) in [6.07, 6.45) is 5.07. The lowest BCUT2D eigenvalue weighted by molar-refractivity contribution is -0.383. The van der Waals surface area contributed by atoms with Gasteiger partial charge in [-0.1, -0.05) is 18.0 Å². The van der Waals surface area contributed by atoms with E-state index in [1.165, 1.54) is 31.4 Å². The van der Waals surface area contributed by atoms with E-state index < -0.39 is 23.4 Å². The van der Waals surface area contributed by atoms with Crippen molar-refractivity contribution in [2.75, 3.05) is 11.9 Å². The van der Waals surface area contributed by atoms with Crippen LogP contribution in [0.3, 0.4) is 0 Å². The van der Waals surface area contributed by atoms with Gasteiger partial charge >= 0.3 is 5.97 Å². The fraction of sp³-hybridized carbons (Fsp3) is 0.529. The molecule has 1 amide bonds. The van der Waals surface area contributed by atoms with Gasteiger partial charge in [0.1, 0.15) is 5.69 Å². The van der Waals surface area contributed by atoms with Crippen LogP contribution in [0, 0.1) is 27.9 Å². The Hall–Kier alpha value is -2.15. The molecule has 25 heavy (non-hydrogen) atoms. The van der Waals surface area contributed by atoms with Crippen LogP contribution in [0.4, 0.5) is 11.4 Å². The van der Waals surface area contributed by atoms with Gasteiger partial charge in [0.05, 0.1) is 4.92 Å². The van der Waals surface area contributed by atoms with Crippen molar-refractivity contribution in [1.82, 2.24) is 0 Å². The van der Waals surface area contributed by atoms with Crippen molar-refractivity contribution in [1.29, 1.82) is 0 Å². The Morgan fingerprint density at radius 2 is 2.12 bits per heavy atom. The van der Waals surface area contributed by atoms with E-state index in [0.29, 0.717) is 18.3 Å². The Balaban J connectivity index is 1.48. The van der Waals surface area contributed by atoms with Crippen molar-refractivity contribution >= 4 is 34.9 Å². The molecule has 134 valence electrons. The lowest BCUT2D eigenvalue weighted by Gasteiger charge is -2.20. The first-order valence-corrected chi connectivity index (χ1v) is 8.69. The average Bonchev–Trinajstić information content (AvgIpc) is 3.17. The molecular formula is C17H19ClN2O5. The number of nitro benzene ring substituents is 1. The highest BCUT2D eigenvalue weighted by Gasteiger charge is 2.40. The van der Waals surface area contributed by atoms with Gasteiger partial charge in [-0.15, -0.1) is 0 Å². The Morgan fingerprint density at radius 1 is 1.32 bits per heavy atom. The zero-order valence-electron chi connectivity index (χ0n) is 13.6. The molecule has 1 aromatic carbocycles. The minimum absolute atomic E-state index is 0.0172. The molecule has 0 saturated heterocycles. The molecule has 8 heteroatoms. The van der Waals surface area contributed by atoms with Crippen LogP contribution >= 0.6 is 11.6 Å². The molecule has 2 bridgehead atoms. The van der Waals surface area contributed by atoms with Gasteiger partial charge in [0.15, 0.2) is 6.61 Å². The maximum atomic E-state index is 11.9. The molecule has 3 atom stereocenters. The van der Waals surface area contributed by atoms with Gasteiger partial charge in [-0.25, -0.2) is 0 Å². The normalized spacial score (nSPS) is 24.1. The second-order valence-corrected chi connectivity index (χ2v) is 7.20. The third kappa shape index (κ3) is 4.28. The van der Waals surface area contributed by atoms with E-state index in [4.69, 9.17) is 16.3 Å². The number of nitrogens with one attached hydrogen (secondary N) is 1. The average molecular weight is 367 g/mol. The van der Waals surface area contributed by atoms with Gasteiger partial charge in [-0.2, -0.15) is 0 Å². The van der Waals surface area contributed by atoms with Gasteiger partial charge < -0.3 is 10.1 Å². The maximum Gasteiger partial charge on any atom is 0.306 e. The molecular weight excluding hydrogens is 348 g/mol. The SMILES string of the molecule is O=C(COC(=O)C[C@@H]1C[C@@H]2CC[C@@H]1C2)Nc1ccc(Cl)cc1[N+](=O)[O-]. The van der Waals surface area contributed by atoms with E-state index in [1.54, 1.807) is 0 Å². The van der Waals surface area contributed by atoms with E-state index in [-0.39, 0.29) is 16.4 Å². The van der Waals surface area contributed by atoms with Gasteiger partial charge in [0.2, 0.25) is 0 Å². The van der Waals surface area contributed by atoms with Crippen molar-refractivity contribution in [3.63, 3.8) is 0 Å². The van der Waals surface area contributed by atoms with E-state index in [2.05, 4.69) is 5.32 Å². The number of rotatable bonds is 6. The summed E-state index contributed by atoms with van der Waals surface area (Å²) in [7, 11) is 0. The summed E-state index contributed by atoms with van der Waals surface area (Å²) in [6.45, 7) is -0.459. The van der Waals surface area contributed by atoms with Crippen LogP contribution in [0.25, 0.3) is 0 Å². The fourth-order valence-corrected chi connectivity index (χ4v) is 4.16. The lowest BCUT2D eigenvalue weighted by Crippen LogP contribution is -2.23. The number of carbonyl (C=O) groups excluding carboxylic acids is 2. The first kappa shape index (κ1) is 17.7. The molecule has 0 aliphatic heterocycles. The Labute approximate surface area is 149 Å². The summed E-state index contributed by atoms with van der Waals surface area (Å²) in [6, 6.07) is 3.93. The van der Waals surface area contributed by atoms with E-state index >= 15 is 0 Å². The number of carbonyl (C=O) groups is 2. The first-order valence-electron chi connectivity index (χ1n) is 8.31. The molecule has 2 fully saturated rings. The second kappa shape index (κ2) is 7.39. The number of benzene rings is 1. The highest BCUT2D eigenvalue weighted by Crippen LogP contribution is 2.49. The van der Waals surface area contributed by atoms with Crippen molar-refractivity contribution in [2.45, 2.75) is 32.1 Å². The lowest BCUT2D eigenvalue weighted by atomic mass is 9.86.